The molecule has 0 fully saturated rings. The fraction of sp³-hybridized carbons (Fsp3) is 0.571. The lowest BCUT2D eigenvalue weighted by Gasteiger charge is -2.03. The molecule has 1 amide bonds. The summed E-state index contributed by atoms with van der Waals surface area (Å²) in [5.74, 6) is -0.829. The predicted molar refractivity (Wildman–Crippen MR) is 39.5 cm³/mol. The van der Waals surface area contributed by atoms with Gasteiger partial charge in [0.2, 0.25) is 0 Å². The highest BCUT2D eigenvalue weighted by molar-refractivity contribution is 6.10. The first kappa shape index (κ1) is 7.73. The number of hydrazone groups is 1. The number of amides is 1. The largest absolute Gasteiger partial charge is 0.271 e. The van der Waals surface area contributed by atoms with Gasteiger partial charge in [-0.1, -0.05) is 13.8 Å². The van der Waals surface area contributed by atoms with E-state index in [1.165, 1.54) is 0 Å². The van der Waals surface area contributed by atoms with E-state index >= 15 is 0 Å². The summed E-state index contributed by atoms with van der Waals surface area (Å²) in [4.78, 5) is 10.9. The molecule has 4 nitrogen and oxygen atoms in total. The van der Waals surface area contributed by atoms with Crippen molar-refractivity contribution in [2.75, 3.05) is 0 Å². The Morgan fingerprint density at radius 3 is 2.73 bits per heavy atom. The molecule has 0 aromatic rings. The van der Waals surface area contributed by atoms with E-state index in [1.807, 2.05) is 19.9 Å². The maximum absolute atomic E-state index is 10.9. The summed E-state index contributed by atoms with van der Waals surface area (Å²) in [6.45, 7) is 3.81. The minimum absolute atomic E-state index is 0.151. The summed E-state index contributed by atoms with van der Waals surface area (Å²) < 4.78 is 0. The van der Waals surface area contributed by atoms with Crippen molar-refractivity contribution in [3.8, 4) is 6.07 Å². The summed E-state index contributed by atoms with van der Waals surface area (Å²) in [5, 5.41) is 12.3. The lowest BCUT2D eigenvalue weighted by Crippen LogP contribution is -2.23. The van der Waals surface area contributed by atoms with Gasteiger partial charge in [-0.05, 0) is 5.92 Å². The normalized spacial score (nSPS) is 22.9. The summed E-state index contributed by atoms with van der Waals surface area (Å²) in [6.07, 6.45) is 0. The molecule has 0 spiro atoms. The Morgan fingerprint density at radius 1 is 1.73 bits per heavy atom. The Labute approximate surface area is 64.9 Å². The molecule has 58 valence electrons. The van der Waals surface area contributed by atoms with Gasteiger partial charge in [-0.3, -0.25) is 4.79 Å². The van der Waals surface area contributed by atoms with E-state index in [4.69, 9.17) is 5.26 Å². The number of nitrogens with zero attached hydrogens (tertiary/aromatic N) is 2. The molecule has 0 radical (unpaired) electrons. The van der Waals surface area contributed by atoms with Crippen LogP contribution < -0.4 is 5.43 Å². The molecular formula is C7H9N3O. The third-order valence-corrected chi connectivity index (χ3v) is 1.57. The fourth-order valence-corrected chi connectivity index (χ4v) is 0.970. The van der Waals surface area contributed by atoms with Crippen molar-refractivity contribution in [3.05, 3.63) is 0 Å². The fourth-order valence-electron chi connectivity index (χ4n) is 0.970. The van der Waals surface area contributed by atoms with Crippen LogP contribution in [-0.2, 0) is 4.79 Å². The summed E-state index contributed by atoms with van der Waals surface area (Å²) in [5.41, 5.74) is 2.92. The maximum Gasteiger partial charge on any atom is 0.263 e. The number of nitrogens with one attached hydrogen (secondary N) is 1. The molecule has 0 saturated carbocycles. The topological polar surface area (TPSA) is 65.2 Å². The van der Waals surface area contributed by atoms with Gasteiger partial charge >= 0.3 is 0 Å². The Balaban J connectivity index is 2.84. The molecule has 1 aliphatic rings. The molecule has 1 heterocycles. The average molecular weight is 151 g/mol. The molecule has 1 N–H and O–H groups in total. The molecule has 0 saturated heterocycles. The first-order valence-electron chi connectivity index (χ1n) is 3.43. The van der Waals surface area contributed by atoms with Gasteiger partial charge in [0.25, 0.3) is 5.91 Å². The summed E-state index contributed by atoms with van der Waals surface area (Å²) >= 11 is 0. The molecule has 0 aliphatic carbocycles. The molecule has 0 bridgehead atoms. The summed E-state index contributed by atoms with van der Waals surface area (Å²) in [6, 6.07) is 1.90. The number of rotatable bonds is 1. The molecule has 1 aliphatic heterocycles. The van der Waals surface area contributed by atoms with Gasteiger partial charge in [0.15, 0.2) is 5.92 Å². The number of hydrogen-bond donors (Lipinski definition) is 1. The lowest BCUT2D eigenvalue weighted by atomic mass is 9.96. The van der Waals surface area contributed by atoms with E-state index in [0.717, 1.165) is 0 Å². The minimum Gasteiger partial charge on any atom is -0.271 e. The second-order valence-electron chi connectivity index (χ2n) is 2.73. The zero-order valence-electron chi connectivity index (χ0n) is 6.46. The maximum atomic E-state index is 10.9. The highest BCUT2D eigenvalue weighted by Crippen LogP contribution is 2.12. The average Bonchev–Trinajstić information content (AvgIpc) is 2.30. The van der Waals surface area contributed by atoms with Crippen LogP contribution in [0, 0.1) is 23.2 Å². The van der Waals surface area contributed by atoms with E-state index in [1.54, 1.807) is 0 Å². The van der Waals surface area contributed by atoms with Gasteiger partial charge in [0, 0.05) is 0 Å². The molecule has 1 rings (SSSR count). The third-order valence-electron chi connectivity index (χ3n) is 1.57. The van der Waals surface area contributed by atoms with Crippen molar-refractivity contribution in [2.24, 2.45) is 16.9 Å². The number of carbonyl (C=O) groups is 1. The molecule has 0 aromatic heterocycles. The van der Waals surface area contributed by atoms with Crippen LogP contribution >= 0.6 is 0 Å². The van der Waals surface area contributed by atoms with Crippen LogP contribution in [0.1, 0.15) is 13.8 Å². The van der Waals surface area contributed by atoms with Crippen molar-refractivity contribution in [2.45, 2.75) is 13.8 Å². The molecular weight excluding hydrogens is 142 g/mol. The van der Waals surface area contributed by atoms with E-state index in [0.29, 0.717) is 5.71 Å². The summed E-state index contributed by atoms with van der Waals surface area (Å²) in [7, 11) is 0. The predicted octanol–water partition coefficient (Wildman–Crippen LogP) is 0.268. The van der Waals surface area contributed by atoms with Crippen LogP contribution in [0.15, 0.2) is 5.10 Å². The Kier molecular flexibility index (Phi) is 1.90. The van der Waals surface area contributed by atoms with Gasteiger partial charge < -0.3 is 0 Å². The lowest BCUT2D eigenvalue weighted by molar-refractivity contribution is -0.120. The minimum atomic E-state index is -0.671. The molecule has 11 heavy (non-hydrogen) atoms. The van der Waals surface area contributed by atoms with Gasteiger partial charge in [-0.15, -0.1) is 0 Å². The van der Waals surface area contributed by atoms with E-state index in [2.05, 4.69) is 10.5 Å². The van der Waals surface area contributed by atoms with E-state index < -0.39 is 5.92 Å². The van der Waals surface area contributed by atoms with Crippen LogP contribution in [0.3, 0.4) is 0 Å². The molecule has 1 atom stereocenters. The Bertz CT molecular complexity index is 249. The smallest absolute Gasteiger partial charge is 0.263 e. The SMILES string of the molecule is CC(C)C1=NNC(=O)C1C#N. The molecule has 4 heteroatoms. The van der Waals surface area contributed by atoms with Gasteiger partial charge in [0.05, 0.1) is 11.8 Å². The highest BCUT2D eigenvalue weighted by Gasteiger charge is 2.31. The highest BCUT2D eigenvalue weighted by atomic mass is 16.2. The van der Waals surface area contributed by atoms with Crippen molar-refractivity contribution < 1.29 is 4.79 Å². The van der Waals surface area contributed by atoms with Crippen LogP contribution in [-0.4, -0.2) is 11.6 Å². The van der Waals surface area contributed by atoms with Crippen molar-refractivity contribution >= 4 is 11.6 Å². The molecule has 1 unspecified atom stereocenters. The first-order valence-corrected chi connectivity index (χ1v) is 3.43. The van der Waals surface area contributed by atoms with Crippen LogP contribution in [0.2, 0.25) is 0 Å². The number of nitriles is 1. The zero-order valence-corrected chi connectivity index (χ0v) is 6.46. The van der Waals surface area contributed by atoms with Crippen LogP contribution in [0.5, 0.6) is 0 Å². The van der Waals surface area contributed by atoms with Gasteiger partial charge in [0.1, 0.15) is 0 Å². The van der Waals surface area contributed by atoms with Crippen LogP contribution in [0.25, 0.3) is 0 Å². The Hall–Kier alpha value is -1.37. The number of hydrogen-bond acceptors (Lipinski definition) is 3. The first-order chi connectivity index (χ1) is 5.16. The number of carbonyl (C=O) groups excluding carboxylic acids is 1. The third kappa shape index (κ3) is 1.22. The standard InChI is InChI=1S/C7H9N3O/c1-4(2)6-5(3-8)7(11)10-9-6/h4-5H,1-2H3,(H,10,11). The van der Waals surface area contributed by atoms with Crippen molar-refractivity contribution in [1.82, 2.24) is 5.43 Å². The van der Waals surface area contributed by atoms with Crippen molar-refractivity contribution in [1.29, 1.82) is 5.26 Å². The second kappa shape index (κ2) is 2.70. The molecule has 0 aromatic carbocycles. The van der Waals surface area contributed by atoms with E-state index in [-0.39, 0.29) is 11.8 Å². The van der Waals surface area contributed by atoms with Crippen LogP contribution in [0.4, 0.5) is 0 Å². The van der Waals surface area contributed by atoms with E-state index in [9.17, 15) is 4.79 Å². The monoisotopic (exact) mass is 151 g/mol. The Morgan fingerprint density at radius 2 is 2.36 bits per heavy atom. The quantitative estimate of drug-likeness (QED) is 0.584. The van der Waals surface area contributed by atoms with Gasteiger partial charge in [-0.25, -0.2) is 5.43 Å². The zero-order chi connectivity index (χ0) is 8.43. The van der Waals surface area contributed by atoms with Crippen molar-refractivity contribution in [3.63, 3.8) is 0 Å². The second-order valence-corrected chi connectivity index (χ2v) is 2.73. The van der Waals surface area contributed by atoms with Gasteiger partial charge in [-0.2, -0.15) is 10.4 Å².